The van der Waals surface area contributed by atoms with E-state index >= 15 is 0 Å². The molecule has 0 aromatic carbocycles. The molecule has 8 heteroatoms. The molecule has 1 aromatic rings. The molecule has 0 atom stereocenters. The first-order chi connectivity index (χ1) is 12.4. The van der Waals surface area contributed by atoms with Crippen molar-refractivity contribution < 1.29 is 13.2 Å². The number of thiophene rings is 1. The van der Waals surface area contributed by atoms with Crippen LogP contribution in [0.2, 0.25) is 0 Å². The largest absolute Gasteiger partial charge is 0.340 e. The van der Waals surface area contributed by atoms with Crippen LogP contribution in [0.5, 0.6) is 0 Å². The van der Waals surface area contributed by atoms with Gasteiger partial charge in [-0.1, -0.05) is 6.07 Å². The lowest BCUT2D eigenvalue weighted by Gasteiger charge is -2.39. The summed E-state index contributed by atoms with van der Waals surface area (Å²) in [5.41, 5.74) is 0. The molecule has 1 aromatic heterocycles. The Balaban J connectivity index is 1.47. The van der Waals surface area contributed by atoms with Crippen molar-refractivity contribution in [1.29, 1.82) is 0 Å². The summed E-state index contributed by atoms with van der Waals surface area (Å²) in [6, 6.07) is 3.83. The molecule has 2 aliphatic rings. The monoisotopic (exact) mass is 399 g/mol. The van der Waals surface area contributed by atoms with E-state index in [9.17, 15) is 13.2 Å². The molecule has 0 bridgehead atoms. The maximum atomic E-state index is 12.8. The molecule has 0 spiro atoms. The second kappa shape index (κ2) is 8.37. The van der Waals surface area contributed by atoms with Crippen LogP contribution in [0.25, 0.3) is 0 Å². The molecule has 1 amide bonds. The molecule has 6 nitrogen and oxygen atoms in total. The van der Waals surface area contributed by atoms with Gasteiger partial charge in [0.15, 0.2) is 0 Å². The van der Waals surface area contributed by atoms with Gasteiger partial charge in [0.05, 0.1) is 0 Å². The SMILES string of the molecule is CC(C)N1CCN(C(=O)C2CCC(NS(=O)(=O)c3cccs3)CC2)CC1. The minimum Gasteiger partial charge on any atom is -0.340 e. The highest BCUT2D eigenvalue weighted by Crippen LogP contribution is 2.28. The van der Waals surface area contributed by atoms with Crippen molar-refractivity contribution in [3.05, 3.63) is 17.5 Å². The fourth-order valence-electron chi connectivity index (χ4n) is 3.87. The lowest BCUT2D eigenvalue weighted by Crippen LogP contribution is -2.52. The number of hydrogen-bond donors (Lipinski definition) is 1. The zero-order chi connectivity index (χ0) is 18.7. The van der Waals surface area contributed by atoms with Gasteiger partial charge in [-0.15, -0.1) is 11.3 Å². The van der Waals surface area contributed by atoms with Crippen molar-refractivity contribution in [2.24, 2.45) is 5.92 Å². The number of hydrogen-bond acceptors (Lipinski definition) is 5. The highest BCUT2D eigenvalue weighted by molar-refractivity contribution is 7.91. The third-order valence-electron chi connectivity index (χ3n) is 5.51. The first-order valence-corrected chi connectivity index (χ1v) is 11.8. The predicted molar refractivity (Wildman–Crippen MR) is 104 cm³/mol. The van der Waals surface area contributed by atoms with Gasteiger partial charge < -0.3 is 4.90 Å². The summed E-state index contributed by atoms with van der Waals surface area (Å²) in [5, 5.41) is 1.77. The van der Waals surface area contributed by atoms with E-state index in [0.29, 0.717) is 10.3 Å². The van der Waals surface area contributed by atoms with Crippen LogP contribution in [0.3, 0.4) is 0 Å². The lowest BCUT2D eigenvalue weighted by atomic mass is 9.85. The zero-order valence-electron chi connectivity index (χ0n) is 15.6. The zero-order valence-corrected chi connectivity index (χ0v) is 17.2. The third-order valence-corrected chi connectivity index (χ3v) is 8.43. The molecular weight excluding hydrogens is 370 g/mol. The van der Waals surface area contributed by atoms with Crippen LogP contribution in [0.4, 0.5) is 0 Å². The van der Waals surface area contributed by atoms with Crippen molar-refractivity contribution in [2.45, 2.75) is 55.8 Å². The molecule has 1 saturated carbocycles. The standard InChI is InChI=1S/C18H29N3O3S2/c1-14(2)20-9-11-21(12-10-20)18(22)15-5-7-16(8-6-15)19-26(23,24)17-4-3-13-25-17/h3-4,13-16,19H,5-12H2,1-2H3. The van der Waals surface area contributed by atoms with Gasteiger partial charge in [0.1, 0.15) is 4.21 Å². The van der Waals surface area contributed by atoms with Crippen LogP contribution in [0.15, 0.2) is 21.7 Å². The molecule has 26 heavy (non-hydrogen) atoms. The van der Waals surface area contributed by atoms with Crippen molar-refractivity contribution >= 4 is 27.3 Å². The number of rotatable bonds is 5. The maximum absolute atomic E-state index is 12.8. The summed E-state index contributed by atoms with van der Waals surface area (Å²) in [5.74, 6) is 0.302. The molecule has 0 unspecified atom stereocenters. The summed E-state index contributed by atoms with van der Waals surface area (Å²) in [7, 11) is -3.42. The van der Waals surface area contributed by atoms with Gasteiger partial charge >= 0.3 is 0 Å². The summed E-state index contributed by atoms with van der Waals surface area (Å²) >= 11 is 1.23. The topological polar surface area (TPSA) is 69.7 Å². The number of amides is 1. The quantitative estimate of drug-likeness (QED) is 0.824. The highest BCUT2D eigenvalue weighted by atomic mass is 32.2. The summed E-state index contributed by atoms with van der Waals surface area (Å²) in [4.78, 5) is 17.2. The molecule has 2 fully saturated rings. The number of piperazine rings is 1. The third kappa shape index (κ3) is 4.65. The van der Waals surface area contributed by atoms with E-state index in [1.54, 1.807) is 17.5 Å². The van der Waals surface area contributed by atoms with E-state index in [4.69, 9.17) is 0 Å². The fraction of sp³-hybridized carbons (Fsp3) is 0.722. The smallest absolute Gasteiger partial charge is 0.250 e. The Morgan fingerprint density at radius 1 is 1.15 bits per heavy atom. The molecular formula is C18H29N3O3S2. The van der Waals surface area contributed by atoms with Crippen LogP contribution in [-0.2, 0) is 14.8 Å². The summed E-state index contributed by atoms with van der Waals surface area (Å²) in [6.45, 7) is 7.88. The van der Waals surface area contributed by atoms with Gasteiger partial charge in [-0.05, 0) is 51.0 Å². The Morgan fingerprint density at radius 2 is 1.81 bits per heavy atom. The van der Waals surface area contributed by atoms with E-state index in [1.165, 1.54) is 11.3 Å². The second-order valence-electron chi connectivity index (χ2n) is 7.56. The van der Waals surface area contributed by atoms with E-state index in [0.717, 1.165) is 51.9 Å². The molecule has 146 valence electrons. The molecule has 1 saturated heterocycles. The average molecular weight is 400 g/mol. The highest BCUT2D eigenvalue weighted by Gasteiger charge is 2.32. The first-order valence-electron chi connectivity index (χ1n) is 9.45. The average Bonchev–Trinajstić information content (AvgIpc) is 3.17. The van der Waals surface area contributed by atoms with E-state index in [-0.39, 0.29) is 17.9 Å². The molecule has 1 aliphatic heterocycles. The Bertz CT molecular complexity index is 687. The van der Waals surface area contributed by atoms with Gasteiger partial charge in [-0.3, -0.25) is 9.69 Å². The van der Waals surface area contributed by atoms with Gasteiger partial charge in [0, 0.05) is 44.2 Å². The van der Waals surface area contributed by atoms with E-state index in [2.05, 4.69) is 23.5 Å². The molecule has 1 N–H and O–H groups in total. The van der Waals surface area contributed by atoms with Crippen molar-refractivity contribution in [2.75, 3.05) is 26.2 Å². The van der Waals surface area contributed by atoms with Crippen LogP contribution < -0.4 is 4.72 Å². The number of sulfonamides is 1. The normalized spacial score (nSPS) is 25.6. The lowest BCUT2D eigenvalue weighted by molar-refractivity contribution is -0.138. The Morgan fingerprint density at radius 3 is 2.35 bits per heavy atom. The maximum Gasteiger partial charge on any atom is 0.250 e. The van der Waals surface area contributed by atoms with Crippen molar-refractivity contribution in [3.8, 4) is 0 Å². The van der Waals surface area contributed by atoms with Gasteiger partial charge in [0.25, 0.3) is 0 Å². The Hall–Kier alpha value is -0.960. The Labute approximate surface area is 160 Å². The van der Waals surface area contributed by atoms with Crippen LogP contribution >= 0.6 is 11.3 Å². The van der Waals surface area contributed by atoms with Crippen LogP contribution in [0.1, 0.15) is 39.5 Å². The molecule has 3 rings (SSSR count). The first kappa shape index (κ1) is 19.8. The molecule has 1 aliphatic carbocycles. The van der Waals surface area contributed by atoms with Crippen molar-refractivity contribution in [3.63, 3.8) is 0 Å². The number of nitrogens with one attached hydrogen (secondary N) is 1. The predicted octanol–water partition coefficient (Wildman–Crippen LogP) is 2.14. The van der Waals surface area contributed by atoms with Gasteiger partial charge in [-0.2, -0.15) is 0 Å². The minimum atomic E-state index is -3.42. The number of carbonyl (C=O) groups is 1. The summed E-state index contributed by atoms with van der Waals surface area (Å²) in [6.07, 6.45) is 2.99. The van der Waals surface area contributed by atoms with Crippen molar-refractivity contribution in [1.82, 2.24) is 14.5 Å². The van der Waals surface area contributed by atoms with Crippen LogP contribution in [0, 0.1) is 5.92 Å². The number of carbonyl (C=O) groups excluding carboxylic acids is 1. The molecule has 0 radical (unpaired) electrons. The Kier molecular flexibility index (Phi) is 6.37. The summed E-state index contributed by atoms with van der Waals surface area (Å²) < 4.78 is 27.8. The van der Waals surface area contributed by atoms with Gasteiger partial charge in [0.2, 0.25) is 15.9 Å². The second-order valence-corrected chi connectivity index (χ2v) is 10.4. The minimum absolute atomic E-state index is 0.0445. The molecule has 2 heterocycles. The van der Waals surface area contributed by atoms with Gasteiger partial charge in [-0.25, -0.2) is 13.1 Å². The fourth-order valence-corrected chi connectivity index (χ4v) is 6.18. The van der Waals surface area contributed by atoms with E-state index < -0.39 is 10.0 Å². The van der Waals surface area contributed by atoms with Crippen LogP contribution in [-0.4, -0.2) is 62.4 Å². The number of nitrogens with zero attached hydrogens (tertiary/aromatic N) is 2. The van der Waals surface area contributed by atoms with E-state index in [1.807, 2.05) is 4.90 Å².